The summed E-state index contributed by atoms with van der Waals surface area (Å²) in [6.07, 6.45) is 0.661. The van der Waals surface area contributed by atoms with Crippen molar-refractivity contribution in [1.82, 2.24) is 0 Å². The quantitative estimate of drug-likeness (QED) is 0.442. The topological polar surface area (TPSA) is 167 Å². The van der Waals surface area contributed by atoms with Gasteiger partial charge in [-0.25, -0.2) is 0 Å². The third-order valence-corrected chi connectivity index (χ3v) is 6.65. The number of fused-ring (bicyclic) bond motifs is 3. The van der Waals surface area contributed by atoms with Gasteiger partial charge in [0.15, 0.2) is 11.6 Å². The summed E-state index contributed by atoms with van der Waals surface area (Å²) in [5.74, 6) is -5.38. The number of hydrogen-bond donors (Lipinski definition) is 5. The lowest BCUT2D eigenvalue weighted by molar-refractivity contribution is -0.127. The molecular weight excluding hydrogens is 402 g/mol. The normalized spacial score (nSPS) is 25.2. The number of aliphatic hydroxyl groups excluding tert-OH is 2. The molecule has 0 saturated heterocycles. The van der Waals surface area contributed by atoms with E-state index in [0.29, 0.717) is 24.0 Å². The second-order valence-electron chi connectivity index (χ2n) is 8.61. The van der Waals surface area contributed by atoms with Gasteiger partial charge in [0.05, 0.1) is 11.5 Å². The van der Waals surface area contributed by atoms with E-state index in [-0.39, 0.29) is 41.5 Å². The molecule has 7 N–H and O–H groups in total. The molecule has 9 nitrogen and oxygen atoms in total. The van der Waals surface area contributed by atoms with Gasteiger partial charge >= 0.3 is 0 Å². The highest BCUT2D eigenvalue weighted by atomic mass is 16.3. The molecule has 3 aliphatic rings. The lowest BCUT2D eigenvalue weighted by atomic mass is 9.61. The van der Waals surface area contributed by atoms with Crippen LogP contribution in [0.1, 0.15) is 29.5 Å². The summed E-state index contributed by atoms with van der Waals surface area (Å²) in [4.78, 5) is 39.2. The van der Waals surface area contributed by atoms with Gasteiger partial charge in [-0.3, -0.25) is 14.4 Å². The van der Waals surface area contributed by atoms with E-state index in [1.807, 2.05) is 19.0 Å². The largest absolute Gasteiger partial charge is 0.511 e. The first kappa shape index (κ1) is 20.9. The summed E-state index contributed by atoms with van der Waals surface area (Å²) in [5, 5.41) is 32.4. The van der Waals surface area contributed by atoms with Crippen molar-refractivity contribution in [3.05, 3.63) is 39.7 Å². The van der Waals surface area contributed by atoms with Crippen molar-refractivity contribution in [2.45, 2.75) is 25.8 Å². The maximum Gasteiger partial charge on any atom is 0.255 e. The fourth-order valence-corrected chi connectivity index (χ4v) is 5.30. The molecule has 0 radical (unpaired) electrons. The molecule has 0 heterocycles. The van der Waals surface area contributed by atoms with E-state index in [9.17, 15) is 29.7 Å². The zero-order valence-electron chi connectivity index (χ0n) is 17.3. The van der Waals surface area contributed by atoms with Crippen molar-refractivity contribution >= 4 is 28.9 Å². The Morgan fingerprint density at radius 2 is 1.87 bits per heavy atom. The highest BCUT2D eigenvalue weighted by molar-refractivity contribution is 6.21. The van der Waals surface area contributed by atoms with E-state index >= 15 is 0 Å². The van der Waals surface area contributed by atoms with Gasteiger partial charge in [-0.15, -0.1) is 0 Å². The van der Waals surface area contributed by atoms with Crippen LogP contribution in [-0.2, 0) is 27.3 Å². The Morgan fingerprint density at radius 1 is 1.19 bits per heavy atom. The number of aliphatic hydroxyl groups is 2. The van der Waals surface area contributed by atoms with Gasteiger partial charge in [0.1, 0.15) is 22.8 Å². The number of nitrogens with two attached hydrogens (primary N) is 2. The summed E-state index contributed by atoms with van der Waals surface area (Å²) in [6.45, 7) is 0.0399. The molecule has 1 amide bonds. The van der Waals surface area contributed by atoms with E-state index < -0.39 is 40.6 Å². The summed E-state index contributed by atoms with van der Waals surface area (Å²) < 4.78 is 0. The number of aromatic hydroxyl groups is 1. The van der Waals surface area contributed by atoms with Crippen LogP contribution in [0.15, 0.2) is 23.0 Å². The second kappa shape index (κ2) is 7.12. The van der Waals surface area contributed by atoms with Gasteiger partial charge in [0.2, 0.25) is 0 Å². The Labute approximate surface area is 178 Å². The predicted molar refractivity (Wildman–Crippen MR) is 112 cm³/mol. The monoisotopic (exact) mass is 427 g/mol. The average Bonchev–Trinajstić information content (AvgIpc) is 2.66. The molecule has 164 valence electrons. The molecule has 4 rings (SSSR count). The highest BCUT2D eigenvalue weighted by Crippen LogP contribution is 2.52. The Balaban J connectivity index is 1.92. The minimum absolute atomic E-state index is 0.0399. The molecule has 1 aromatic carbocycles. The molecule has 1 fully saturated rings. The second-order valence-corrected chi connectivity index (χ2v) is 8.61. The van der Waals surface area contributed by atoms with E-state index in [0.717, 1.165) is 5.69 Å². The summed E-state index contributed by atoms with van der Waals surface area (Å²) in [5.41, 5.74) is 12.6. The molecule has 3 aliphatic carbocycles. The lowest BCUT2D eigenvalue weighted by Gasteiger charge is -2.41. The molecule has 1 saturated carbocycles. The number of nitrogens with zero attached hydrogens (tertiary/aromatic N) is 1. The summed E-state index contributed by atoms with van der Waals surface area (Å²) in [6, 6.07) is 1.76. The number of carbonyl (C=O) groups excluding carboxylic acids is 3. The number of benzene rings is 1. The van der Waals surface area contributed by atoms with E-state index in [1.54, 1.807) is 6.07 Å². The molecule has 9 heteroatoms. The van der Waals surface area contributed by atoms with Crippen molar-refractivity contribution in [3.8, 4) is 5.75 Å². The Kier molecular flexibility index (Phi) is 4.81. The van der Waals surface area contributed by atoms with Crippen molar-refractivity contribution in [1.29, 1.82) is 0 Å². The van der Waals surface area contributed by atoms with Crippen molar-refractivity contribution in [3.63, 3.8) is 0 Å². The van der Waals surface area contributed by atoms with Crippen LogP contribution in [0.2, 0.25) is 0 Å². The number of primary amides is 1. The van der Waals surface area contributed by atoms with E-state index in [2.05, 4.69) is 0 Å². The number of allylic oxidation sites excluding steroid dienone is 2. The minimum atomic E-state index is -1.12. The highest BCUT2D eigenvalue weighted by Gasteiger charge is 2.51. The minimum Gasteiger partial charge on any atom is -0.511 e. The smallest absolute Gasteiger partial charge is 0.255 e. The van der Waals surface area contributed by atoms with Gasteiger partial charge in [-0.1, -0.05) is 0 Å². The van der Waals surface area contributed by atoms with Crippen molar-refractivity contribution in [2.24, 2.45) is 29.2 Å². The van der Waals surface area contributed by atoms with Gasteiger partial charge in [0, 0.05) is 43.9 Å². The third kappa shape index (κ3) is 2.91. The number of phenols is 1. The molecule has 0 aromatic heterocycles. The lowest BCUT2D eigenvalue weighted by Crippen LogP contribution is -2.44. The third-order valence-electron chi connectivity index (χ3n) is 6.65. The molecule has 3 unspecified atom stereocenters. The van der Waals surface area contributed by atoms with Crippen LogP contribution < -0.4 is 16.4 Å². The van der Waals surface area contributed by atoms with Gasteiger partial charge in [0.25, 0.3) is 5.91 Å². The van der Waals surface area contributed by atoms with Gasteiger partial charge in [-0.2, -0.15) is 0 Å². The number of hydrogen-bond acceptors (Lipinski definition) is 8. The Bertz CT molecular complexity index is 1100. The molecule has 1 aromatic rings. The van der Waals surface area contributed by atoms with Crippen LogP contribution >= 0.6 is 0 Å². The van der Waals surface area contributed by atoms with Crippen LogP contribution in [0.3, 0.4) is 0 Å². The molecular formula is C22H25N3O6. The summed E-state index contributed by atoms with van der Waals surface area (Å²) in [7, 11) is 3.67. The fraction of sp³-hybridized carbons (Fsp3) is 0.409. The van der Waals surface area contributed by atoms with Crippen LogP contribution in [0, 0.1) is 17.8 Å². The molecule has 31 heavy (non-hydrogen) atoms. The zero-order chi connectivity index (χ0) is 22.8. The van der Waals surface area contributed by atoms with Crippen LogP contribution in [0.4, 0.5) is 5.69 Å². The molecule has 0 aliphatic heterocycles. The first-order valence-electron chi connectivity index (χ1n) is 10.1. The maximum atomic E-state index is 13.4. The fourth-order valence-electron chi connectivity index (χ4n) is 5.30. The van der Waals surface area contributed by atoms with Crippen molar-refractivity contribution in [2.75, 3.05) is 19.0 Å². The number of Topliss-reactive ketones (excluding diaryl/α,β-unsaturated/α-hetero) is 2. The zero-order valence-corrected chi connectivity index (χ0v) is 17.3. The van der Waals surface area contributed by atoms with Gasteiger partial charge < -0.3 is 31.7 Å². The SMILES string of the molecule is CN(C)c1cc(CN)c(O)c2c1CC1CC3CC(=O)C(C(N)=O)=C(O)C3C(=O)C1=C2O. The Morgan fingerprint density at radius 3 is 2.45 bits per heavy atom. The number of amides is 1. The Hall–Kier alpha value is -3.33. The van der Waals surface area contributed by atoms with Crippen LogP contribution in [-0.4, -0.2) is 46.9 Å². The molecule has 0 bridgehead atoms. The number of carbonyl (C=O) groups is 3. The van der Waals surface area contributed by atoms with Crippen LogP contribution in [0.5, 0.6) is 5.75 Å². The van der Waals surface area contributed by atoms with Gasteiger partial charge in [-0.05, 0) is 36.3 Å². The van der Waals surface area contributed by atoms with Crippen LogP contribution in [0.25, 0.3) is 5.76 Å². The number of anilines is 1. The van der Waals surface area contributed by atoms with Crippen molar-refractivity contribution < 1.29 is 29.7 Å². The summed E-state index contributed by atoms with van der Waals surface area (Å²) >= 11 is 0. The first-order chi connectivity index (χ1) is 14.6. The number of phenolic OH excluding ortho intramolecular Hbond substituents is 1. The average molecular weight is 427 g/mol. The van der Waals surface area contributed by atoms with E-state index in [4.69, 9.17) is 11.5 Å². The standard InChI is InChI=1S/C22H25N3O6/c1-25(2)12-5-10(7-23)18(27)16-11(12)4-8-3-9-6-13(26)17(22(24)31)21(30)15(9)19(28)14(8)20(16)29/h5,8-9,15,27,29-30H,3-4,6-7,23H2,1-2H3,(H2,24,31). The maximum absolute atomic E-state index is 13.4. The predicted octanol–water partition coefficient (Wildman–Crippen LogP) is 0.834. The number of ketones is 2. The number of rotatable bonds is 3. The van der Waals surface area contributed by atoms with E-state index in [1.165, 1.54) is 0 Å². The first-order valence-corrected chi connectivity index (χ1v) is 10.1. The molecule has 3 atom stereocenters. The molecule has 0 spiro atoms.